The Bertz CT molecular complexity index is 595. The van der Waals surface area contributed by atoms with E-state index in [0.29, 0.717) is 12.2 Å². The van der Waals surface area contributed by atoms with Crippen LogP contribution in [0.5, 0.6) is 0 Å². The molecule has 5 heteroatoms. The van der Waals surface area contributed by atoms with Crippen LogP contribution in [0.1, 0.15) is 143 Å². The van der Waals surface area contributed by atoms with E-state index in [0.717, 1.165) is 64.5 Å². The van der Waals surface area contributed by atoms with Gasteiger partial charge in [0.25, 0.3) is 0 Å². The second-order valence-electron chi connectivity index (χ2n) is 10.9. The zero-order valence-electron chi connectivity index (χ0n) is 24.2. The van der Waals surface area contributed by atoms with Crippen molar-refractivity contribution < 1.29 is 19.1 Å². The predicted molar refractivity (Wildman–Crippen MR) is 150 cm³/mol. The van der Waals surface area contributed by atoms with Crippen LogP contribution in [-0.2, 0) is 19.1 Å². The first-order valence-electron chi connectivity index (χ1n) is 15.2. The van der Waals surface area contributed by atoms with Crippen LogP contribution in [0.2, 0.25) is 0 Å². The number of ether oxygens (including phenoxy) is 2. The molecule has 1 atom stereocenters. The molecule has 0 N–H and O–H groups in total. The Hall–Kier alpha value is -1.36. The lowest BCUT2D eigenvalue weighted by Crippen LogP contribution is -2.35. The molecule has 1 rings (SSSR count). The van der Waals surface area contributed by atoms with Crippen molar-refractivity contribution in [2.75, 3.05) is 20.1 Å². The Balaban J connectivity index is 2.25. The highest BCUT2D eigenvalue weighted by Crippen LogP contribution is 2.22. The van der Waals surface area contributed by atoms with Gasteiger partial charge in [0.1, 0.15) is 11.9 Å². The average Bonchev–Trinajstić information content (AvgIpc) is 2.87. The minimum absolute atomic E-state index is 0.0488. The van der Waals surface area contributed by atoms with Crippen molar-refractivity contribution in [1.82, 2.24) is 4.90 Å². The quantitative estimate of drug-likeness (QED) is 0.0887. The Morgan fingerprint density at radius 2 is 1.33 bits per heavy atom. The first-order valence-corrected chi connectivity index (χ1v) is 15.2. The van der Waals surface area contributed by atoms with Gasteiger partial charge in [0, 0.05) is 6.42 Å². The molecule has 0 amide bonds. The topological polar surface area (TPSA) is 55.8 Å². The van der Waals surface area contributed by atoms with Crippen molar-refractivity contribution >= 4 is 11.9 Å². The SMILES string of the molecule is C/C=C(/C)OC(=O)CCCCCCCCC(CCCCCCCCCC)OC(=O)C1CCN(C)CC1. The van der Waals surface area contributed by atoms with E-state index in [2.05, 4.69) is 18.9 Å². The van der Waals surface area contributed by atoms with Gasteiger partial charge in [-0.15, -0.1) is 0 Å². The summed E-state index contributed by atoms with van der Waals surface area (Å²) in [5, 5.41) is 0. The Kier molecular flexibility index (Phi) is 19.7. The molecule has 0 saturated carbocycles. The number of nitrogens with zero attached hydrogens (tertiary/aromatic N) is 1. The lowest BCUT2D eigenvalue weighted by molar-refractivity contribution is -0.156. The highest BCUT2D eigenvalue weighted by atomic mass is 16.5. The summed E-state index contributed by atoms with van der Waals surface area (Å²) in [6.45, 7) is 7.94. The van der Waals surface area contributed by atoms with Gasteiger partial charge in [-0.3, -0.25) is 9.59 Å². The summed E-state index contributed by atoms with van der Waals surface area (Å²) in [6.07, 6.45) is 23.3. The zero-order chi connectivity index (χ0) is 26.4. The van der Waals surface area contributed by atoms with E-state index in [1.54, 1.807) is 0 Å². The number of carbonyl (C=O) groups is 2. The third-order valence-corrected chi connectivity index (χ3v) is 7.55. The van der Waals surface area contributed by atoms with Crippen LogP contribution in [0.4, 0.5) is 0 Å². The standard InChI is InChI=1S/C31H57NO4/c1-5-7-8-9-10-11-14-17-20-29(36-31(34)28-23-25-32(4)26-24-28)21-18-15-12-13-16-19-22-30(33)35-27(3)6-2/h6,28-29H,5,7-26H2,1-4H3/b27-6-. The van der Waals surface area contributed by atoms with Crippen molar-refractivity contribution in [3.8, 4) is 0 Å². The smallest absolute Gasteiger partial charge is 0.310 e. The molecule has 1 aliphatic rings. The fourth-order valence-corrected chi connectivity index (χ4v) is 4.91. The summed E-state index contributed by atoms with van der Waals surface area (Å²) in [4.78, 5) is 26.8. The summed E-state index contributed by atoms with van der Waals surface area (Å²) >= 11 is 0. The molecule has 0 aliphatic carbocycles. The van der Waals surface area contributed by atoms with E-state index < -0.39 is 0 Å². The lowest BCUT2D eigenvalue weighted by Gasteiger charge is -2.29. The van der Waals surface area contributed by atoms with E-state index in [1.807, 2.05) is 19.9 Å². The Morgan fingerprint density at radius 1 is 0.833 bits per heavy atom. The van der Waals surface area contributed by atoms with Crippen molar-refractivity contribution in [3.63, 3.8) is 0 Å². The van der Waals surface area contributed by atoms with E-state index in [-0.39, 0.29) is 24.0 Å². The molecule has 0 aromatic rings. The van der Waals surface area contributed by atoms with E-state index in [9.17, 15) is 9.59 Å². The van der Waals surface area contributed by atoms with Gasteiger partial charge < -0.3 is 14.4 Å². The number of unbranched alkanes of at least 4 members (excludes halogenated alkanes) is 12. The number of likely N-dealkylation sites (tertiary alicyclic amines) is 1. The minimum atomic E-state index is -0.124. The van der Waals surface area contributed by atoms with Crippen molar-refractivity contribution in [3.05, 3.63) is 11.8 Å². The predicted octanol–water partition coefficient (Wildman–Crippen LogP) is 8.36. The highest BCUT2D eigenvalue weighted by Gasteiger charge is 2.26. The largest absolute Gasteiger partial charge is 0.462 e. The maximum atomic E-state index is 12.8. The van der Waals surface area contributed by atoms with Crippen LogP contribution in [0, 0.1) is 5.92 Å². The second-order valence-corrected chi connectivity index (χ2v) is 10.9. The maximum Gasteiger partial charge on any atom is 0.310 e. The highest BCUT2D eigenvalue weighted by molar-refractivity contribution is 5.72. The van der Waals surface area contributed by atoms with E-state index >= 15 is 0 Å². The van der Waals surface area contributed by atoms with Gasteiger partial charge in [-0.1, -0.05) is 77.6 Å². The number of allylic oxidation sites excluding steroid dienone is 2. The van der Waals surface area contributed by atoms with Crippen LogP contribution in [0.15, 0.2) is 11.8 Å². The molecule has 0 bridgehead atoms. The van der Waals surface area contributed by atoms with Crippen LogP contribution in [0.3, 0.4) is 0 Å². The van der Waals surface area contributed by atoms with Crippen LogP contribution in [-0.4, -0.2) is 43.1 Å². The molecule has 0 aromatic carbocycles. The number of esters is 2. The first kappa shape index (κ1) is 32.7. The van der Waals surface area contributed by atoms with Gasteiger partial charge in [0.15, 0.2) is 0 Å². The minimum Gasteiger partial charge on any atom is -0.462 e. The molecular weight excluding hydrogens is 450 g/mol. The van der Waals surface area contributed by atoms with Crippen molar-refractivity contribution in [1.29, 1.82) is 0 Å². The summed E-state index contributed by atoms with van der Waals surface area (Å²) in [6, 6.07) is 0. The molecular formula is C31H57NO4. The van der Waals surface area contributed by atoms with E-state index in [1.165, 1.54) is 64.2 Å². The Labute approximate surface area is 222 Å². The molecule has 5 nitrogen and oxygen atoms in total. The monoisotopic (exact) mass is 507 g/mol. The van der Waals surface area contributed by atoms with Crippen LogP contribution in [0.25, 0.3) is 0 Å². The molecule has 1 fully saturated rings. The average molecular weight is 508 g/mol. The first-order chi connectivity index (χ1) is 17.5. The number of piperidine rings is 1. The van der Waals surface area contributed by atoms with Crippen LogP contribution >= 0.6 is 0 Å². The zero-order valence-corrected chi connectivity index (χ0v) is 24.2. The molecule has 1 aliphatic heterocycles. The molecule has 210 valence electrons. The molecule has 0 aromatic heterocycles. The van der Waals surface area contributed by atoms with Crippen molar-refractivity contribution in [2.24, 2.45) is 5.92 Å². The van der Waals surface area contributed by atoms with Gasteiger partial charge >= 0.3 is 11.9 Å². The van der Waals surface area contributed by atoms with Gasteiger partial charge in [-0.2, -0.15) is 0 Å². The second kappa shape index (κ2) is 21.7. The van der Waals surface area contributed by atoms with Crippen molar-refractivity contribution in [2.45, 2.75) is 149 Å². The molecule has 1 unspecified atom stereocenters. The van der Waals surface area contributed by atoms with Gasteiger partial charge in [-0.25, -0.2) is 0 Å². The number of hydrogen-bond acceptors (Lipinski definition) is 5. The normalized spacial score (nSPS) is 16.2. The summed E-state index contributed by atoms with van der Waals surface area (Å²) in [5.41, 5.74) is 0. The molecule has 36 heavy (non-hydrogen) atoms. The third-order valence-electron chi connectivity index (χ3n) is 7.55. The van der Waals surface area contributed by atoms with Gasteiger partial charge in [0.2, 0.25) is 0 Å². The molecule has 0 radical (unpaired) electrons. The molecule has 0 spiro atoms. The Morgan fingerprint density at radius 3 is 1.86 bits per heavy atom. The molecule has 1 heterocycles. The fourth-order valence-electron chi connectivity index (χ4n) is 4.91. The van der Waals surface area contributed by atoms with Gasteiger partial charge in [-0.05, 0) is 85.0 Å². The maximum absolute atomic E-state index is 12.8. The third kappa shape index (κ3) is 17.2. The lowest BCUT2D eigenvalue weighted by atomic mass is 9.97. The van der Waals surface area contributed by atoms with Gasteiger partial charge in [0.05, 0.1) is 5.92 Å². The number of hydrogen-bond donors (Lipinski definition) is 0. The summed E-state index contributed by atoms with van der Waals surface area (Å²) in [5.74, 6) is 0.692. The molecule has 1 saturated heterocycles. The number of carbonyl (C=O) groups excluding carboxylic acids is 2. The summed E-state index contributed by atoms with van der Waals surface area (Å²) in [7, 11) is 2.13. The summed E-state index contributed by atoms with van der Waals surface area (Å²) < 4.78 is 11.3. The van der Waals surface area contributed by atoms with Crippen LogP contribution < -0.4 is 0 Å². The fraction of sp³-hybridized carbons (Fsp3) is 0.871. The number of rotatable bonds is 21. The van der Waals surface area contributed by atoms with E-state index in [4.69, 9.17) is 9.47 Å².